The van der Waals surface area contributed by atoms with Crippen LogP contribution >= 0.6 is 11.6 Å². The van der Waals surface area contributed by atoms with Crippen molar-refractivity contribution in [3.05, 3.63) is 94.0 Å². The van der Waals surface area contributed by atoms with Crippen LogP contribution in [0.15, 0.2) is 71.0 Å². The van der Waals surface area contributed by atoms with Gasteiger partial charge in [0.1, 0.15) is 11.5 Å². The molecule has 0 atom stereocenters. The van der Waals surface area contributed by atoms with Gasteiger partial charge >= 0.3 is 0 Å². The van der Waals surface area contributed by atoms with Crippen LogP contribution in [-0.4, -0.2) is 16.7 Å². The molecule has 0 spiro atoms. The first-order chi connectivity index (χ1) is 14.0. The van der Waals surface area contributed by atoms with Crippen LogP contribution in [0.4, 0.5) is 5.69 Å². The number of furan rings is 1. The summed E-state index contributed by atoms with van der Waals surface area (Å²) in [7, 11) is 0. The van der Waals surface area contributed by atoms with Gasteiger partial charge in [0.25, 0.3) is 11.8 Å². The van der Waals surface area contributed by atoms with Gasteiger partial charge in [-0.1, -0.05) is 47.5 Å². The third kappa shape index (κ3) is 3.57. The molecular weight excluding hydrogens is 388 g/mol. The fourth-order valence-electron chi connectivity index (χ4n) is 3.26. The number of nitrogens with one attached hydrogen (secondary N) is 1. The second kappa shape index (κ2) is 7.60. The minimum Gasteiger partial charge on any atom is -0.467 e. The molecule has 6 heteroatoms. The molecule has 1 aromatic heterocycles. The largest absolute Gasteiger partial charge is 0.467 e. The summed E-state index contributed by atoms with van der Waals surface area (Å²) >= 11 is 6.23. The van der Waals surface area contributed by atoms with E-state index in [0.29, 0.717) is 27.6 Å². The van der Waals surface area contributed by atoms with Crippen LogP contribution in [0.2, 0.25) is 5.02 Å². The van der Waals surface area contributed by atoms with Crippen molar-refractivity contribution in [3.63, 3.8) is 0 Å². The first-order valence-corrected chi connectivity index (χ1v) is 9.55. The number of amides is 2. The smallest absolute Gasteiger partial charge is 0.278 e. The number of hydrogen-bond acceptors (Lipinski definition) is 4. The zero-order valence-electron chi connectivity index (χ0n) is 16.0. The standard InChI is InChI=1S/C23H19ClN2O3/c1-14-8-10-16(11-9-14)20-21(25-19-7-3-6-18(24)15(19)2)23(28)26(22(20)27)13-17-5-4-12-29-17/h3-12,25H,13H2,1-2H3. The first kappa shape index (κ1) is 19.0. The van der Waals surface area contributed by atoms with E-state index in [1.165, 1.54) is 11.2 Å². The second-order valence-electron chi connectivity index (χ2n) is 6.93. The molecule has 0 radical (unpaired) electrons. The van der Waals surface area contributed by atoms with Crippen molar-refractivity contribution in [2.45, 2.75) is 20.4 Å². The maximum atomic E-state index is 13.2. The highest BCUT2D eigenvalue weighted by atomic mass is 35.5. The lowest BCUT2D eigenvalue weighted by Gasteiger charge is -2.14. The van der Waals surface area contributed by atoms with Crippen molar-refractivity contribution in [3.8, 4) is 0 Å². The summed E-state index contributed by atoms with van der Waals surface area (Å²) < 4.78 is 5.33. The maximum Gasteiger partial charge on any atom is 0.278 e. The Labute approximate surface area is 173 Å². The number of carbonyl (C=O) groups excluding carboxylic acids is 2. The predicted molar refractivity (Wildman–Crippen MR) is 112 cm³/mol. The molecule has 0 unspecified atom stereocenters. The Morgan fingerprint density at radius 2 is 1.72 bits per heavy atom. The topological polar surface area (TPSA) is 62.6 Å². The molecule has 2 amide bonds. The van der Waals surface area contributed by atoms with Crippen LogP contribution in [0.5, 0.6) is 0 Å². The molecule has 29 heavy (non-hydrogen) atoms. The number of rotatable bonds is 5. The van der Waals surface area contributed by atoms with E-state index in [0.717, 1.165) is 11.1 Å². The van der Waals surface area contributed by atoms with E-state index >= 15 is 0 Å². The van der Waals surface area contributed by atoms with Crippen LogP contribution in [0.25, 0.3) is 5.57 Å². The number of imide groups is 1. The zero-order valence-corrected chi connectivity index (χ0v) is 16.8. The minimum atomic E-state index is -0.402. The number of carbonyl (C=O) groups is 2. The third-order valence-electron chi connectivity index (χ3n) is 4.93. The summed E-state index contributed by atoms with van der Waals surface area (Å²) in [6.45, 7) is 3.90. The van der Waals surface area contributed by atoms with E-state index in [-0.39, 0.29) is 18.1 Å². The average Bonchev–Trinajstić information content (AvgIpc) is 3.29. The molecule has 1 N–H and O–H groups in total. The fourth-order valence-corrected chi connectivity index (χ4v) is 3.43. The molecule has 5 nitrogen and oxygen atoms in total. The van der Waals surface area contributed by atoms with Gasteiger partial charge in [-0.15, -0.1) is 0 Å². The van der Waals surface area contributed by atoms with Crippen molar-refractivity contribution >= 4 is 34.7 Å². The fraction of sp³-hybridized carbons (Fsp3) is 0.130. The molecule has 1 aliphatic rings. The van der Waals surface area contributed by atoms with E-state index in [1.54, 1.807) is 24.3 Å². The molecule has 2 heterocycles. The Hall–Kier alpha value is -3.31. The van der Waals surface area contributed by atoms with Crippen LogP contribution in [0, 0.1) is 13.8 Å². The highest BCUT2D eigenvalue weighted by Crippen LogP contribution is 2.33. The van der Waals surface area contributed by atoms with Gasteiger partial charge in [0, 0.05) is 10.7 Å². The minimum absolute atomic E-state index is 0.0692. The lowest BCUT2D eigenvalue weighted by Crippen LogP contribution is -2.31. The number of benzene rings is 2. The molecule has 146 valence electrons. The van der Waals surface area contributed by atoms with Gasteiger partial charge < -0.3 is 9.73 Å². The van der Waals surface area contributed by atoms with E-state index in [2.05, 4.69) is 5.32 Å². The molecule has 3 aromatic rings. The van der Waals surface area contributed by atoms with Crippen molar-refractivity contribution < 1.29 is 14.0 Å². The van der Waals surface area contributed by atoms with Gasteiger partial charge in [-0.25, -0.2) is 0 Å². The molecule has 0 saturated carbocycles. The molecule has 0 bridgehead atoms. The number of anilines is 1. The molecule has 0 saturated heterocycles. The van der Waals surface area contributed by atoms with Crippen LogP contribution < -0.4 is 5.32 Å². The molecule has 0 fully saturated rings. The van der Waals surface area contributed by atoms with Crippen LogP contribution in [0.3, 0.4) is 0 Å². The average molecular weight is 407 g/mol. The summed E-state index contributed by atoms with van der Waals surface area (Å²) in [6, 6.07) is 16.4. The van der Waals surface area contributed by atoms with E-state index in [9.17, 15) is 9.59 Å². The molecule has 1 aliphatic heterocycles. The summed E-state index contributed by atoms with van der Waals surface area (Å²) in [6.07, 6.45) is 1.52. The van der Waals surface area contributed by atoms with Gasteiger partial charge in [0.2, 0.25) is 0 Å². The van der Waals surface area contributed by atoms with Crippen molar-refractivity contribution in [2.24, 2.45) is 0 Å². The molecule has 0 aliphatic carbocycles. The number of halogens is 1. The zero-order chi connectivity index (χ0) is 20.5. The Kier molecular flexibility index (Phi) is 4.99. The molecule has 2 aromatic carbocycles. The van der Waals surface area contributed by atoms with E-state index in [1.807, 2.05) is 44.2 Å². The lowest BCUT2D eigenvalue weighted by atomic mass is 10.0. The normalized spacial score (nSPS) is 14.1. The third-order valence-corrected chi connectivity index (χ3v) is 5.34. The molecule has 4 rings (SSSR count). The van der Waals surface area contributed by atoms with Crippen molar-refractivity contribution in [1.82, 2.24) is 4.90 Å². The van der Waals surface area contributed by atoms with E-state index < -0.39 is 5.91 Å². The summed E-state index contributed by atoms with van der Waals surface area (Å²) in [5.74, 6) is -0.228. The monoisotopic (exact) mass is 406 g/mol. The molecular formula is C23H19ClN2O3. The second-order valence-corrected chi connectivity index (χ2v) is 7.34. The predicted octanol–water partition coefficient (Wildman–Crippen LogP) is 4.94. The van der Waals surface area contributed by atoms with Crippen molar-refractivity contribution in [1.29, 1.82) is 0 Å². The highest BCUT2D eigenvalue weighted by Gasteiger charge is 2.39. The van der Waals surface area contributed by atoms with Gasteiger partial charge in [0.05, 0.1) is 18.4 Å². The van der Waals surface area contributed by atoms with Crippen LogP contribution in [-0.2, 0) is 16.1 Å². The SMILES string of the molecule is Cc1ccc(C2=C(Nc3cccc(Cl)c3C)C(=O)N(Cc3ccco3)C2=O)cc1. The number of hydrogen-bond donors (Lipinski definition) is 1. The van der Waals surface area contributed by atoms with E-state index in [4.69, 9.17) is 16.0 Å². The summed E-state index contributed by atoms with van der Waals surface area (Å²) in [5, 5.41) is 3.74. The van der Waals surface area contributed by atoms with Gasteiger partial charge in [0.15, 0.2) is 0 Å². The Morgan fingerprint density at radius 1 is 0.966 bits per heavy atom. The summed E-state index contributed by atoms with van der Waals surface area (Å²) in [4.78, 5) is 27.6. The first-order valence-electron chi connectivity index (χ1n) is 9.17. The Balaban J connectivity index is 1.78. The summed E-state index contributed by atoms with van der Waals surface area (Å²) in [5.41, 5.74) is 3.79. The maximum absolute atomic E-state index is 13.2. The lowest BCUT2D eigenvalue weighted by molar-refractivity contribution is -0.137. The number of aryl methyl sites for hydroxylation is 1. The Morgan fingerprint density at radius 3 is 2.41 bits per heavy atom. The number of nitrogens with zero attached hydrogens (tertiary/aromatic N) is 1. The highest BCUT2D eigenvalue weighted by molar-refractivity contribution is 6.36. The van der Waals surface area contributed by atoms with Gasteiger partial charge in [-0.2, -0.15) is 0 Å². The van der Waals surface area contributed by atoms with Crippen molar-refractivity contribution in [2.75, 3.05) is 5.32 Å². The quantitative estimate of drug-likeness (QED) is 0.609. The van der Waals surface area contributed by atoms with Crippen LogP contribution in [0.1, 0.15) is 22.5 Å². The van der Waals surface area contributed by atoms with Gasteiger partial charge in [-0.05, 0) is 49.2 Å². The van der Waals surface area contributed by atoms with Gasteiger partial charge in [-0.3, -0.25) is 14.5 Å². The Bertz CT molecular complexity index is 1120.